The van der Waals surface area contributed by atoms with Gasteiger partial charge in [0.05, 0.1) is 0 Å². The van der Waals surface area contributed by atoms with Crippen molar-refractivity contribution < 1.29 is 0 Å². The van der Waals surface area contributed by atoms with Crippen molar-refractivity contribution in [1.82, 2.24) is 19.9 Å². The maximum Gasteiger partial charge on any atom is 0.161 e. The predicted molar refractivity (Wildman–Crippen MR) is 89.1 cm³/mol. The average Bonchev–Trinajstić information content (AvgIpc) is 3.01. The maximum atomic E-state index is 4.86. The molecule has 0 aromatic carbocycles. The third kappa shape index (κ3) is 3.09. The van der Waals surface area contributed by atoms with E-state index in [0.29, 0.717) is 0 Å². The minimum Gasteiger partial charge on any atom is -0.358 e. The monoisotopic (exact) mass is 297 g/mol. The maximum absolute atomic E-state index is 4.86. The molecule has 0 spiro atoms. The minimum absolute atomic E-state index is 0.815. The van der Waals surface area contributed by atoms with Gasteiger partial charge in [0, 0.05) is 49.4 Å². The highest BCUT2D eigenvalue weighted by molar-refractivity contribution is 5.60. The van der Waals surface area contributed by atoms with Crippen LogP contribution in [0.1, 0.15) is 17.7 Å². The number of aryl methyl sites for hydroxylation is 1. The van der Waals surface area contributed by atoms with E-state index in [9.17, 15) is 0 Å². The van der Waals surface area contributed by atoms with E-state index < -0.39 is 0 Å². The Morgan fingerprint density at radius 1 is 1.00 bits per heavy atom. The van der Waals surface area contributed by atoms with E-state index in [2.05, 4.69) is 35.9 Å². The molecule has 2 aromatic rings. The molecule has 0 unspecified atom stereocenters. The van der Waals surface area contributed by atoms with E-state index >= 15 is 0 Å². The Labute approximate surface area is 132 Å². The number of hydrogen-bond donors (Lipinski definition) is 0. The van der Waals surface area contributed by atoms with Crippen molar-refractivity contribution in [2.45, 2.75) is 19.3 Å². The highest BCUT2D eigenvalue weighted by atomic mass is 15.2. The number of anilines is 1. The van der Waals surface area contributed by atoms with Crippen LogP contribution < -0.4 is 4.90 Å². The Kier molecular flexibility index (Phi) is 4.34. The molecule has 0 amide bonds. The fourth-order valence-corrected chi connectivity index (χ4v) is 2.81. The summed E-state index contributed by atoms with van der Waals surface area (Å²) in [7, 11) is 6.32. The molecule has 2 aromatic heterocycles. The second kappa shape index (κ2) is 6.40. The van der Waals surface area contributed by atoms with Crippen molar-refractivity contribution in [2.75, 3.05) is 39.1 Å². The fraction of sp³-hybridized carbons (Fsp3) is 0.471. The Hall–Kier alpha value is -2.01. The molecule has 0 saturated carbocycles. The molecule has 1 aliphatic rings. The quantitative estimate of drug-likeness (QED) is 0.845. The van der Waals surface area contributed by atoms with Crippen LogP contribution in [0.15, 0.2) is 24.5 Å². The number of pyridine rings is 1. The summed E-state index contributed by atoms with van der Waals surface area (Å²) in [6.45, 7) is 1.98. The van der Waals surface area contributed by atoms with E-state index in [1.807, 2.05) is 12.1 Å². The highest BCUT2D eigenvalue weighted by Crippen LogP contribution is 2.30. The second-order valence-corrected chi connectivity index (χ2v) is 6.11. The molecule has 2 heterocycles. The largest absolute Gasteiger partial charge is 0.358 e. The topological polar surface area (TPSA) is 45.2 Å². The van der Waals surface area contributed by atoms with Crippen LogP contribution in [0.2, 0.25) is 0 Å². The van der Waals surface area contributed by atoms with Crippen molar-refractivity contribution in [2.24, 2.45) is 0 Å². The van der Waals surface area contributed by atoms with Gasteiger partial charge in [0.2, 0.25) is 0 Å². The molecular formula is C17H23N5. The average molecular weight is 297 g/mol. The molecule has 0 saturated heterocycles. The zero-order valence-corrected chi connectivity index (χ0v) is 13.6. The molecule has 22 heavy (non-hydrogen) atoms. The summed E-state index contributed by atoms with van der Waals surface area (Å²) < 4.78 is 0. The molecule has 0 bridgehead atoms. The predicted octanol–water partition coefficient (Wildman–Crippen LogP) is 2.03. The first-order chi connectivity index (χ1) is 10.6. The lowest BCUT2D eigenvalue weighted by Gasteiger charge is -2.23. The standard InChI is InChI=1S/C17H23N5/c1-21(2)11-12-22(3)17-14-5-4-6-15(14)19-16(20-17)13-7-9-18-10-8-13/h7-10H,4-6,11-12H2,1-3H3. The van der Waals surface area contributed by atoms with Gasteiger partial charge in [-0.1, -0.05) is 0 Å². The SMILES string of the molecule is CN(C)CCN(C)c1nc(-c2ccncc2)nc2c1CCC2. The van der Waals surface area contributed by atoms with E-state index in [4.69, 9.17) is 9.97 Å². The molecule has 5 heteroatoms. The summed E-state index contributed by atoms with van der Waals surface area (Å²) in [5.74, 6) is 1.91. The number of fused-ring (bicyclic) bond motifs is 1. The molecule has 0 atom stereocenters. The van der Waals surface area contributed by atoms with Crippen LogP contribution in [0.3, 0.4) is 0 Å². The van der Waals surface area contributed by atoms with Crippen LogP contribution in [0, 0.1) is 0 Å². The number of nitrogens with zero attached hydrogens (tertiary/aromatic N) is 5. The van der Waals surface area contributed by atoms with Gasteiger partial charge in [-0.05, 0) is 45.5 Å². The van der Waals surface area contributed by atoms with Crippen molar-refractivity contribution in [3.63, 3.8) is 0 Å². The van der Waals surface area contributed by atoms with Crippen LogP contribution in [0.25, 0.3) is 11.4 Å². The van der Waals surface area contributed by atoms with Crippen molar-refractivity contribution in [1.29, 1.82) is 0 Å². The summed E-state index contributed by atoms with van der Waals surface area (Å²) in [6.07, 6.45) is 6.92. The van der Waals surface area contributed by atoms with E-state index in [0.717, 1.165) is 43.1 Å². The summed E-state index contributed by atoms with van der Waals surface area (Å²) in [4.78, 5) is 18.2. The van der Waals surface area contributed by atoms with Crippen molar-refractivity contribution >= 4 is 5.82 Å². The van der Waals surface area contributed by atoms with Gasteiger partial charge in [0.1, 0.15) is 5.82 Å². The first-order valence-electron chi connectivity index (χ1n) is 7.81. The van der Waals surface area contributed by atoms with Crippen molar-refractivity contribution in [3.05, 3.63) is 35.8 Å². The van der Waals surface area contributed by atoms with Gasteiger partial charge < -0.3 is 9.80 Å². The van der Waals surface area contributed by atoms with Gasteiger partial charge in [0.15, 0.2) is 5.82 Å². The Morgan fingerprint density at radius 3 is 2.50 bits per heavy atom. The summed E-state index contributed by atoms with van der Waals surface area (Å²) >= 11 is 0. The number of aromatic nitrogens is 3. The number of rotatable bonds is 5. The first kappa shape index (κ1) is 14.9. The van der Waals surface area contributed by atoms with Crippen LogP contribution in [0.5, 0.6) is 0 Å². The van der Waals surface area contributed by atoms with Crippen molar-refractivity contribution in [3.8, 4) is 11.4 Å². The zero-order chi connectivity index (χ0) is 15.5. The van der Waals surface area contributed by atoms with Gasteiger partial charge in [-0.2, -0.15) is 0 Å². The Bertz CT molecular complexity index is 639. The molecular weight excluding hydrogens is 274 g/mol. The van der Waals surface area contributed by atoms with Gasteiger partial charge in [0.25, 0.3) is 0 Å². The van der Waals surface area contributed by atoms with E-state index in [1.165, 1.54) is 17.7 Å². The van der Waals surface area contributed by atoms with Crippen LogP contribution in [0.4, 0.5) is 5.82 Å². The lowest BCUT2D eigenvalue weighted by atomic mass is 10.2. The minimum atomic E-state index is 0.815. The molecule has 0 N–H and O–H groups in total. The van der Waals surface area contributed by atoms with Crippen LogP contribution in [-0.2, 0) is 12.8 Å². The Balaban J connectivity index is 1.96. The molecule has 0 radical (unpaired) electrons. The van der Waals surface area contributed by atoms with Gasteiger partial charge in [-0.25, -0.2) is 9.97 Å². The summed E-state index contributed by atoms with van der Waals surface area (Å²) in [5, 5.41) is 0. The van der Waals surface area contributed by atoms with Crippen LogP contribution in [-0.4, -0.2) is 54.1 Å². The Morgan fingerprint density at radius 2 is 1.77 bits per heavy atom. The smallest absolute Gasteiger partial charge is 0.161 e. The lowest BCUT2D eigenvalue weighted by Crippen LogP contribution is -2.30. The molecule has 0 fully saturated rings. The van der Waals surface area contributed by atoms with Gasteiger partial charge in [-0.15, -0.1) is 0 Å². The molecule has 116 valence electrons. The summed E-state index contributed by atoms with van der Waals surface area (Å²) in [5.41, 5.74) is 3.58. The fourth-order valence-electron chi connectivity index (χ4n) is 2.81. The lowest BCUT2D eigenvalue weighted by molar-refractivity contribution is 0.416. The van der Waals surface area contributed by atoms with Crippen LogP contribution >= 0.6 is 0 Å². The zero-order valence-electron chi connectivity index (χ0n) is 13.6. The molecule has 0 aliphatic heterocycles. The molecule has 5 nitrogen and oxygen atoms in total. The number of likely N-dealkylation sites (N-methyl/N-ethyl adjacent to an activating group) is 2. The highest BCUT2D eigenvalue weighted by Gasteiger charge is 2.22. The number of hydrogen-bond acceptors (Lipinski definition) is 5. The van der Waals surface area contributed by atoms with Gasteiger partial charge >= 0.3 is 0 Å². The third-order valence-corrected chi connectivity index (χ3v) is 4.09. The molecule has 1 aliphatic carbocycles. The third-order valence-electron chi connectivity index (χ3n) is 4.09. The molecule has 3 rings (SSSR count). The summed E-state index contributed by atoms with van der Waals surface area (Å²) in [6, 6.07) is 3.94. The van der Waals surface area contributed by atoms with E-state index in [-0.39, 0.29) is 0 Å². The van der Waals surface area contributed by atoms with E-state index in [1.54, 1.807) is 12.4 Å². The first-order valence-corrected chi connectivity index (χ1v) is 7.81. The van der Waals surface area contributed by atoms with Gasteiger partial charge in [-0.3, -0.25) is 4.98 Å². The second-order valence-electron chi connectivity index (χ2n) is 6.11. The normalized spacial score (nSPS) is 13.5.